The molecule has 0 saturated heterocycles. The SMILES string of the molecule is CCCCCn1nc(C(=O)NNC(=O)c2ccc(-n3c(C)c[nH]c3=O)cc2)c2ccccc2c1=O. The lowest BCUT2D eigenvalue weighted by molar-refractivity contribution is 0.0843. The summed E-state index contributed by atoms with van der Waals surface area (Å²) in [4.78, 5) is 52.8. The van der Waals surface area contributed by atoms with Crippen LogP contribution in [0.15, 0.2) is 64.3 Å². The summed E-state index contributed by atoms with van der Waals surface area (Å²) in [6, 6.07) is 13.1. The maximum atomic E-state index is 12.9. The second-order valence-corrected chi connectivity index (χ2v) is 8.16. The largest absolute Gasteiger partial charge is 0.330 e. The van der Waals surface area contributed by atoms with Gasteiger partial charge in [0.2, 0.25) is 0 Å². The lowest BCUT2D eigenvalue weighted by Gasteiger charge is -2.12. The minimum Gasteiger partial charge on any atom is -0.312 e. The number of carbonyl (C=O) groups is 2. The van der Waals surface area contributed by atoms with Gasteiger partial charge in [0.1, 0.15) is 0 Å². The summed E-state index contributed by atoms with van der Waals surface area (Å²) in [5.41, 5.74) is 5.92. The van der Waals surface area contributed by atoms with Gasteiger partial charge in [0.25, 0.3) is 17.4 Å². The van der Waals surface area contributed by atoms with Crippen molar-refractivity contribution < 1.29 is 9.59 Å². The molecule has 3 N–H and O–H groups in total. The second kappa shape index (κ2) is 10.2. The summed E-state index contributed by atoms with van der Waals surface area (Å²) in [6.45, 7) is 4.26. The minimum atomic E-state index is -0.634. The molecule has 180 valence electrons. The number of carbonyl (C=O) groups excluding carboxylic acids is 2. The van der Waals surface area contributed by atoms with Crippen LogP contribution >= 0.6 is 0 Å². The number of nitrogens with one attached hydrogen (secondary N) is 3. The van der Waals surface area contributed by atoms with Crippen LogP contribution in [-0.4, -0.2) is 31.1 Å². The van der Waals surface area contributed by atoms with E-state index in [1.807, 2.05) is 0 Å². The molecule has 0 aliphatic rings. The van der Waals surface area contributed by atoms with E-state index in [0.29, 0.717) is 23.0 Å². The third-order valence-electron chi connectivity index (χ3n) is 5.69. The van der Waals surface area contributed by atoms with Gasteiger partial charge in [-0.25, -0.2) is 9.48 Å². The highest BCUT2D eigenvalue weighted by molar-refractivity contribution is 6.06. The van der Waals surface area contributed by atoms with E-state index in [0.717, 1.165) is 25.0 Å². The van der Waals surface area contributed by atoms with E-state index in [1.54, 1.807) is 61.7 Å². The maximum absolute atomic E-state index is 12.9. The Morgan fingerprint density at radius 2 is 1.63 bits per heavy atom. The molecule has 4 rings (SSSR count). The topological polar surface area (TPSA) is 131 Å². The molecule has 2 aromatic heterocycles. The number of H-pyrrole nitrogens is 1. The standard InChI is InChI=1S/C25H26N6O4/c1-3-4-7-14-30-24(34)20-9-6-5-8-19(20)21(29-30)23(33)28-27-22(32)17-10-12-18(13-11-17)31-16(2)15-26-25(31)35/h5-6,8-13,15H,3-4,7,14H2,1-2H3,(H,26,35)(H,27,32)(H,28,33). The van der Waals surface area contributed by atoms with Crippen LogP contribution in [0.1, 0.15) is 52.7 Å². The van der Waals surface area contributed by atoms with Crippen LogP contribution in [0.4, 0.5) is 0 Å². The Morgan fingerprint density at radius 3 is 2.29 bits per heavy atom. The molecule has 0 radical (unpaired) electrons. The Kier molecular flexibility index (Phi) is 6.91. The van der Waals surface area contributed by atoms with Crippen LogP contribution in [0.25, 0.3) is 16.5 Å². The first-order valence-electron chi connectivity index (χ1n) is 11.4. The smallest absolute Gasteiger partial charge is 0.312 e. The second-order valence-electron chi connectivity index (χ2n) is 8.16. The average molecular weight is 475 g/mol. The predicted molar refractivity (Wildman–Crippen MR) is 132 cm³/mol. The van der Waals surface area contributed by atoms with Crippen molar-refractivity contribution in [1.82, 2.24) is 30.2 Å². The maximum Gasteiger partial charge on any atom is 0.330 e. The molecule has 0 saturated carbocycles. The van der Waals surface area contributed by atoms with E-state index in [9.17, 15) is 19.2 Å². The average Bonchev–Trinajstić information content (AvgIpc) is 3.21. The number of rotatable bonds is 7. The van der Waals surface area contributed by atoms with Gasteiger partial charge >= 0.3 is 5.69 Å². The van der Waals surface area contributed by atoms with Crippen molar-refractivity contribution in [2.24, 2.45) is 0 Å². The fraction of sp³-hybridized carbons (Fsp3) is 0.240. The van der Waals surface area contributed by atoms with Crippen molar-refractivity contribution in [3.05, 3.63) is 92.5 Å². The zero-order valence-corrected chi connectivity index (χ0v) is 19.5. The van der Waals surface area contributed by atoms with Crippen molar-refractivity contribution in [2.75, 3.05) is 0 Å². The van der Waals surface area contributed by atoms with Gasteiger partial charge in [-0.3, -0.25) is 29.8 Å². The number of hydrazine groups is 1. The number of hydrogen-bond acceptors (Lipinski definition) is 5. The molecule has 0 bridgehead atoms. The number of fused-ring (bicyclic) bond motifs is 1. The van der Waals surface area contributed by atoms with Crippen molar-refractivity contribution >= 4 is 22.6 Å². The molecule has 2 heterocycles. The molecule has 2 amide bonds. The first-order chi connectivity index (χ1) is 16.9. The number of imidazole rings is 1. The number of amides is 2. The number of nitrogens with zero attached hydrogens (tertiary/aromatic N) is 3. The number of aryl methyl sites for hydroxylation is 2. The minimum absolute atomic E-state index is 0.0506. The lowest BCUT2D eigenvalue weighted by Crippen LogP contribution is -2.42. The van der Waals surface area contributed by atoms with Gasteiger partial charge in [-0.15, -0.1) is 0 Å². The summed E-state index contributed by atoms with van der Waals surface area (Å²) in [5.74, 6) is -1.17. The Labute approximate surface area is 200 Å². The Morgan fingerprint density at radius 1 is 0.943 bits per heavy atom. The highest BCUT2D eigenvalue weighted by Crippen LogP contribution is 2.14. The Hall–Kier alpha value is -4.47. The number of aromatic amines is 1. The molecule has 0 atom stereocenters. The predicted octanol–water partition coefficient (Wildman–Crippen LogP) is 2.45. The van der Waals surface area contributed by atoms with E-state index in [1.165, 1.54) is 9.25 Å². The van der Waals surface area contributed by atoms with E-state index in [-0.39, 0.29) is 22.5 Å². The summed E-state index contributed by atoms with van der Waals surface area (Å²) in [5, 5.41) is 5.08. The van der Waals surface area contributed by atoms with Gasteiger partial charge in [-0.05, 0) is 43.7 Å². The summed E-state index contributed by atoms with van der Waals surface area (Å²) in [7, 11) is 0. The zero-order valence-electron chi connectivity index (χ0n) is 19.5. The number of unbranched alkanes of at least 4 members (excludes halogenated alkanes) is 2. The van der Waals surface area contributed by atoms with Gasteiger partial charge in [0.05, 0.1) is 11.1 Å². The molecule has 0 fully saturated rings. The van der Waals surface area contributed by atoms with Crippen molar-refractivity contribution in [2.45, 2.75) is 39.7 Å². The first kappa shape index (κ1) is 23.7. The molecular formula is C25H26N6O4. The molecule has 2 aromatic carbocycles. The van der Waals surface area contributed by atoms with Crippen LogP contribution in [-0.2, 0) is 6.54 Å². The molecule has 0 aliphatic carbocycles. The summed E-state index contributed by atoms with van der Waals surface area (Å²) >= 11 is 0. The molecule has 35 heavy (non-hydrogen) atoms. The van der Waals surface area contributed by atoms with Crippen LogP contribution in [0, 0.1) is 6.92 Å². The van der Waals surface area contributed by atoms with Crippen molar-refractivity contribution in [3.63, 3.8) is 0 Å². The van der Waals surface area contributed by atoms with E-state index < -0.39 is 11.8 Å². The van der Waals surface area contributed by atoms with Gasteiger partial charge < -0.3 is 4.98 Å². The quantitative estimate of drug-likeness (QED) is 0.280. The summed E-state index contributed by atoms with van der Waals surface area (Å²) in [6.07, 6.45) is 4.30. The Bertz CT molecular complexity index is 1500. The lowest BCUT2D eigenvalue weighted by atomic mass is 10.1. The first-order valence-corrected chi connectivity index (χ1v) is 11.4. The van der Waals surface area contributed by atoms with E-state index in [4.69, 9.17) is 0 Å². The molecule has 10 heteroatoms. The molecule has 0 unspecified atom stereocenters. The molecule has 0 aliphatic heterocycles. The summed E-state index contributed by atoms with van der Waals surface area (Å²) < 4.78 is 2.79. The molecule has 4 aromatic rings. The van der Waals surface area contributed by atoms with Crippen molar-refractivity contribution in [1.29, 1.82) is 0 Å². The van der Waals surface area contributed by atoms with E-state index in [2.05, 4.69) is 27.9 Å². The third kappa shape index (κ3) is 4.91. The fourth-order valence-electron chi connectivity index (χ4n) is 3.85. The third-order valence-corrected chi connectivity index (χ3v) is 5.69. The normalized spacial score (nSPS) is 10.9. The fourth-order valence-corrected chi connectivity index (χ4v) is 3.85. The van der Waals surface area contributed by atoms with E-state index >= 15 is 0 Å². The van der Waals surface area contributed by atoms with Gasteiger partial charge in [0.15, 0.2) is 5.69 Å². The van der Waals surface area contributed by atoms with Crippen LogP contribution < -0.4 is 22.1 Å². The van der Waals surface area contributed by atoms with Gasteiger partial charge in [-0.2, -0.15) is 5.10 Å². The number of benzene rings is 2. The Balaban J connectivity index is 1.51. The van der Waals surface area contributed by atoms with Crippen molar-refractivity contribution in [3.8, 4) is 5.69 Å². The molecule has 0 spiro atoms. The monoisotopic (exact) mass is 474 g/mol. The van der Waals surface area contributed by atoms with Gasteiger partial charge in [0, 0.05) is 29.4 Å². The highest BCUT2D eigenvalue weighted by Gasteiger charge is 2.17. The van der Waals surface area contributed by atoms with Crippen LogP contribution in [0.3, 0.4) is 0 Å². The highest BCUT2D eigenvalue weighted by atomic mass is 16.2. The number of hydrogen-bond donors (Lipinski definition) is 3. The molecular weight excluding hydrogens is 448 g/mol. The zero-order chi connectivity index (χ0) is 24.9. The molecule has 10 nitrogen and oxygen atoms in total. The van der Waals surface area contributed by atoms with Gasteiger partial charge in [-0.1, -0.05) is 38.0 Å². The van der Waals surface area contributed by atoms with Crippen LogP contribution in [0.5, 0.6) is 0 Å². The number of aromatic nitrogens is 4. The van der Waals surface area contributed by atoms with Crippen LogP contribution in [0.2, 0.25) is 0 Å².